The van der Waals surface area contributed by atoms with Crippen LogP contribution < -0.4 is 9.67 Å². The molecular formula is C17H15NO5S. The van der Waals surface area contributed by atoms with Crippen LogP contribution in [0.15, 0.2) is 48.5 Å². The molecule has 3 aromatic rings. The van der Waals surface area contributed by atoms with Gasteiger partial charge in [0.25, 0.3) is 5.37 Å². The Morgan fingerprint density at radius 1 is 1.08 bits per heavy atom. The Morgan fingerprint density at radius 2 is 1.54 bits per heavy atom. The molecule has 1 N–H and O–H groups in total. The maximum absolute atomic E-state index is 11.9. The number of aromatic carboxylic acids is 1. The zero-order valence-electron chi connectivity index (χ0n) is 12.8. The van der Waals surface area contributed by atoms with E-state index in [1.54, 1.807) is 55.5 Å². The molecule has 1 aromatic heterocycles. The normalized spacial score (nSPS) is 13.2. The average Bonchev–Trinajstić information content (AvgIpc) is 2.53. The van der Waals surface area contributed by atoms with Gasteiger partial charge >= 0.3 is 10.1 Å². The third kappa shape index (κ3) is 2.51. The van der Waals surface area contributed by atoms with Crippen molar-refractivity contribution in [1.29, 1.82) is 0 Å². The lowest BCUT2D eigenvalue weighted by Crippen LogP contribution is -2.45. The van der Waals surface area contributed by atoms with Gasteiger partial charge in [0, 0.05) is 24.1 Å². The minimum Gasteiger partial charge on any atom is -0.545 e. The molecular weight excluding hydrogens is 330 g/mol. The number of carbonyl (C=O) groups is 1. The van der Waals surface area contributed by atoms with Crippen LogP contribution in [-0.4, -0.2) is 18.9 Å². The Balaban J connectivity index is 2.62. The first-order valence-electron chi connectivity index (χ1n) is 7.39. The summed E-state index contributed by atoms with van der Waals surface area (Å²) >= 11 is 0. The first-order chi connectivity index (χ1) is 11.4. The minimum absolute atomic E-state index is 0.00245. The number of pyridine rings is 1. The van der Waals surface area contributed by atoms with Gasteiger partial charge in [0.05, 0.1) is 16.7 Å². The Kier molecular flexibility index (Phi) is 3.98. The van der Waals surface area contributed by atoms with Gasteiger partial charge in [-0.3, -0.25) is 4.55 Å². The number of fused-ring (bicyclic) bond motifs is 2. The predicted octanol–water partition coefficient (Wildman–Crippen LogP) is 1.44. The summed E-state index contributed by atoms with van der Waals surface area (Å²) in [4.78, 5) is 11.7. The molecule has 0 saturated carbocycles. The Bertz CT molecular complexity index is 1000. The second kappa shape index (κ2) is 5.85. The number of carboxylic acids is 1. The van der Waals surface area contributed by atoms with Crippen molar-refractivity contribution in [3.63, 3.8) is 0 Å². The molecule has 0 aliphatic heterocycles. The van der Waals surface area contributed by atoms with E-state index in [1.165, 1.54) is 4.57 Å². The van der Waals surface area contributed by atoms with Gasteiger partial charge < -0.3 is 9.90 Å². The van der Waals surface area contributed by atoms with E-state index in [4.69, 9.17) is 0 Å². The van der Waals surface area contributed by atoms with Crippen molar-refractivity contribution in [3.8, 4) is 0 Å². The third-order valence-corrected chi connectivity index (χ3v) is 5.28. The second-order valence-electron chi connectivity index (χ2n) is 5.44. The highest BCUT2D eigenvalue weighted by atomic mass is 32.2. The summed E-state index contributed by atoms with van der Waals surface area (Å²) in [5, 5.41) is 11.2. The number of benzene rings is 2. The van der Waals surface area contributed by atoms with Gasteiger partial charge in [-0.15, -0.1) is 0 Å². The van der Waals surface area contributed by atoms with Crippen LogP contribution in [0.4, 0.5) is 0 Å². The molecule has 0 saturated heterocycles. The standard InChI is InChI=1S/C17H15NO5S/c1-2-15(24(21,22)23)18-13-9-5-3-7-11(13)16(17(19)20)12-8-4-6-10-14(12)18/h3-10,15H,2H2,1H3,(H-,19,20,21,22,23). The third-order valence-electron chi connectivity index (χ3n) is 4.05. The lowest BCUT2D eigenvalue weighted by molar-refractivity contribution is -0.651. The van der Waals surface area contributed by atoms with E-state index in [2.05, 4.69) is 0 Å². The summed E-state index contributed by atoms with van der Waals surface area (Å²) in [5.74, 6) is -1.34. The number of nitrogens with zero attached hydrogens (tertiary/aromatic N) is 1. The number of aromatic nitrogens is 1. The van der Waals surface area contributed by atoms with Gasteiger partial charge in [0.1, 0.15) is 0 Å². The van der Waals surface area contributed by atoms with E-state index in [9.17, 15) is 22.9 Å². The summed E-state index contributed by atoms with van der Waals surface area (Å²) in [6, 6.07) is 13.2. The molecule has 2 aromatic carbocycles. The first kappa shape index (κ1) is 16.4. The molecule has 1 heterocycles. The molecule has 124 valence electrons. The minimum atomic E-state index is -4.38. The van der Waals surface area contributed by atoms with Gasteiger partial charge in [-0.25, -0.2) is 0 Å². The maximum atomic E-state index is 11.9. The molecule has 3 rings (SSSR count). The van der Waals surface area contributed by atoms with E-state index in [-0.39, 0.29) is 12.0 Å². The summed E-state index contributed by atoms with van der Waals surface area (Å²) in [7, 11) is -4.38. The van der Waals surface area contributed by atoms with Gasteiger partial charge in [-0.05, 0) is 12.1 Å². The number of para-hydroxylation sites is 2. The van der Waals surface area contributed by atoms with Crippen molar-refractivity contribution in [3.05, 3.63) is 54.1 Å². The van der Waals surface area contributed by atoms with E-state index < -0.39 is 21.5 Å². The van der Waals surface area contributed by atoms with Crippen LogP contribution in [0.3, 0.4) is 0 Å². The summed E-state index contributed by atoms with van der Waals surface area (Å²) in [6.45, 7) is 1.64. The highest BCUT2D eigenvalue weighted by Gasteiger charge is 2.35. The van der Waals surface area contributed by atoms with Crippen LogP contribution in [0.5, 0.6) is 0 Å². The second-order valence-corrected chi connectivity index (χ2v) is 7.02. The lowest BCUT2D eigenvalue weighted by atomic mass is 10.0. The van der Waals surface area contributed by atoms with Gasteiger partial charge in [-0.1, -0.05) is 31.2 Å². The highest BCUT2D eigenvalue weighted by Crippen LogP contribution is 2.27. The topological polar surface area (TPSA) is 98.4 Å². The van der Waals surface area contributed by atoms with Crippen molar-refractivity contribution in [2.45, 2.75) is 18.7 Å². The quantitative estimate of drug-likeness (QED) is 0.438. The Morgan fingerprint density at radius 3 is 1.92 bits per heavy atom. The largest absolute Gasteiger partial charge is 0.545 e. The van der Waals surface area contributed by atoms with Crippen molar-refractivity contribution >= 4 is 37.9 Å². The lowest BCUT2D eigenvalue weighted by Gasteiger charge is -2.16. The fourth-order valence-electron chi connectivity index (χ4n) is 3.12. The van der Waals surface area contributed by atoms with Crippen LogP contribution in [0.25, 0.3) is 21.8 Å². The summed E-state index contributed by atoms with van der Waals surface area (Å²) in [6.07, 6.45) is 0.127. The van der Waals surface area contributed by atoms with Gasteiger partial charge in [0.2, 0.25) is 11.0 Å². The molecule has 1 unspecified atom stereocenters. The highest BCUT2D eigenvalue weighted by molar-refractivity contribution is 7.85. The summed E-state index contributed by atoms with van der Waals surface area (Å²) < 4.78 is 34.9. The number of carbonyl (C=O) groups excluding carboxylic acids is 1. The molecule has 0 bridgehead atoms. The monoisotopic (exact) mass is 345 g/mol. The predicted molar refractivity (Wildman–Crippen MR) is 86.9 cm³/mol. The number of hydrogen-bond acceptors (Lipinski definition) is 4. The van der Waals surface area contributed by atoms with Crippen LogP contribution in [0, 0.1) is 0 Å². The zero-order chi connectivity index (χ0) is 17.5. The summed E-state index contributed by atoms with van der Waals surface area (Å²) in [5.41, 5.74) is 0.808. The van der Waals surface area contributed by atoms with Crippen molar-refractivity contribution in [2.75, 3.05) is 0 Å². The SMILES string of the molecule is CCC([n+]1c2ccccc2c(C(=O)[O-])c2ccccc21)S(=O)(=O)O. The maximum Gasteiger partial charge on any atom is 0.329 e. The zero-order valence-corrected chi connectivity index (χ0v) is 13.7. The van der Waals surface area contributed by atoms with E-state index in [0.717, 1.165) is 0 Å². The molecule has 1 atom stereocenters. The van der Waals surface area contributed by atoms with Gasteiger partial charge in [0.15, 0.2) is 0 Å². The number of carboxylic acid groups (broad SMARTS) is 1. The molecule has 24 heavy (non-hydrogen) atoms. The van der Waals surface area contributed by atoms with Gasteiger partial charge in [-0.2, -0.15) is 13.0 Å². The number of rotatable bonds is 4. The van der Waals surface area contributed by atoms with E-state index in [1.807, 2.05) is 0 Å². The fraction of sp³-hybridized carbons (Fsp3) is 0.176. The molecule has 0 aliphatic rings. The molecule has 0 aliphatic carbocycles. The Labute approximate surface area is 138 Å². The molecule has 0 amide bonds. The van der Waals surface area contributed by atoms with Crippen LogP contribution >= 0.6 is 0 Å². The van der Waals surface area contributed by atoms with Crippen LogP contribution in [0.1, 0.15) is 29.1 Å². The van der Waals surface area contributed by atoms with Crippen molar-refractivity contribution in [1.82, 2.24) is 0 Å². The van der Waals surface area contributed by atoms with E-state index >= 15 is 0 Å². The van der Waals surface area contributed by atoms with Crippen LogP contribution in [0.2, 0.25) is 0 Å². The first-order valence-corrected chi connectivity index (χ1v) is 8.89. The molecule has 7 heteroatoms. The van der Waals surface area contributed by atoms with Crippen molar-refractivity contribution < 1.29 is 27.4 Å². The molecule has 6 nitrogen and oxygen atoms in total. The van der Waals surface area contributed by atoms with E-state index in [0.29, 0.717) is 21.8 Å². The Hall–Kier alpha value is -2.51. The average molecular weight is 345 g/mol. The molecule has 0 spiro atoms. The smallest absolute Gasteiger partial charge is 0.329 e. The van der Waals surface area contributed by atoms with Crippen LogP contribution in [-0.2, 0) is 10.1 Å². The molecule has 0 radical (unpaired) electrons. The number of hydrogen-bond donors (Lipinski definition) is 1. The molecule has 0 fully saturated rings. The van der Waals surface area contributed by atoms with Crippen molar-refractivity contribution in [2.24, 2.45) is 0 Å². The fourth-order valence-corrected chi connectivity index (χ4v) is 4.04.